The molecule has 8 heteroatoms. The molecule has 1 N–H and O–H groups in total. The van der Waals surface area contributed by atoms with Crippen molar-refractivity contribution in [1.82, 2.24) is 29.5 Å². The molecule has 0 aromatic carbocycles. The zero-order valence-corrected chi connectivity index (χ0v) is 22.0. The van der Waals surface area contributed by atoms with Crippen molar-refractivity contribution in [2.45, 2.75) is 62.8 Å². The largest absolute Gasteiger partial charge is 0.350 e. The van der Waals surface area contributed by atoms with Gasteiger partial charge in [0, 0.05) is 49.7 Å². The fourth-order valence-corrected chi connectivity index (χ4v) is 6.01. The molecule has 3 aromatic heterocycles. The molecule has 2 fully saturated rings. The second-order valence-corrected chi connectivity index (χ2v) is 10.9. The number of rotatable bonds is 7. The molecule has 37 heavy (non-hydrogen) atoms. The highest BCUT2D eigenvalue weighted by atomic mass is 16.2. The van der Waals surface area contributed by atoms with E-state index >= 15 is 0 Å². The molecule has 2 amide bonds. The number of fused-ring (bicyclic) bond motifs is 1. The van der Waals surface area contributed by atoms with E-state index in [0.29, 0.717) is 29.6 Å². The summed E-state index contributed by atoms with van der Waals surface area (Å²) in [6.07, 6.45) is 13.6. The minimum atomic E-state index is -0.125. The molecule has 1 aliphatic heterocycles. The number of carbonyl (C=O) groups is 2. The van der Waals surface area contributed by atoms with E-state index in [2.05, 4.69) is 40.3 Å². The molecule has 1 aliphatic carbocycles. The van der Waals surface area contributed by atoms with Crippen LogP contribution in [0.3, 0.4) is 0 Å². The molecule has 1 saturated heterocycles. The van der Waals surface area contributed by atoms with Crippen molar-refractivity contribution in [3.8, 4) is 0 Å². The number of pyridine rings is 2. The lowest BCUT2D eigenvalue weighted by molar-refractivity contribution is -0.132. The summed E-state index contributed by atoms with van der Waals surface area (Å²) in [7, 11) is 4.14. The Hall–Kier alpha value is -3.26. The van der Waals surface area contributed by atoms with Crippen molar-refractivity contribution in [2.75, 3.05) is 33.7 Å². The first kappa shape index (κ1) is 25.4. The lowest BCUT2D eigenvalue weighted by atomic mass is 9.70. The summed E-state index contributed by atoms with van der Waals surface area (Å²) in [4.78, 5) is 39.6. The van der Waals surface area contributed by atoms with Crippen LogP contribution in [0.1, 0.15) is 66.7 Å². The predicted molar refractivity (Wildman–Crippen MR) is 144 cm³/mol. The van der Waals surface area contributed by atoms with Crippen LogP contribution in [0, 0.1) is 0 Å². The van der Waals surface area contributed by atoms with Crippen molar-refractivity contribution in [3.05, 3.63) is 65.9 Å². The van der Waals surface area contributed by atoms with Gasteiger partial charge in [0.05, 0.1) is 12.1 Å². The van der Waals surface area contributed by atoms with E-state index < -0.39 is 0 Å². The molecule has 1 unspecified atom stereocenters. The Labute approximate surface area is 219 Å². The lowest BCUT2D eigenvalue weighted by Crippen LogP contribution is -2.47. The van der Waals surface area contributed by atoms with Crippen molar-refractivity contribution in [1.29, 1.82) is 0 Å². The molecular formula is C29H38N6O2. The maximum Gasteiger partial charge on any atom is 0.268 e. The molecule has 0 spiro atoms. The number of hydrogen-bond donors (Lipinski definition) is 1. The number of nitrogens with zero attached hydrogens (tertiary/aromatic N) is 5. The number of imidazole rings is 1. The molecule has 196 valence electrons. The SMILES string of the molecule is CN(C)C1CCCN(C(=O)Cc2cn3c(C(=O)NCC4(c5cccnc5)CCCCC4)cccc3n2)C1. The first-order valence-electron chi connectivity index (χ1n) is 13.6. The Balaban J connectivity index is 1.30. The van der Waals surface area contributed by atoms with Gasteiger partial charge in [0.25, 0.3) is 5.91 Å². The highest BCUT2D eigenvalue weighted by molar-refractivity contribution is 5.93. The van der Waals surface area contributed by atoms with Crippen LogP contribution in [-0.4, -0.2) is 75.8 Å². The molecular weight excluding hydrogens is 464 g/mol. The van der Waals surface area contributed by atoms with Gasteiger partial charge in [-0.3, -0.25) is 19.0 Å². The number of amides is 2. The fraction of sp³-hybridized carbons (Fsp3) is 0.517. The van der Waals surface area contributed by atoms with Gasteiger partial charge in [-0.25, -0.2) is 4.98 Å². The summed E-state index contributed by atoms with van der Waals surface area (Å²) in [6, 6.07) is 10.1. The second kappa shape index (κ2) is 11.0. The third kappa shape index (κ3) is 5.54. The van der Waals surface area contributed by atoms with Crippen molar-refractivity contribution >= 4 is 17.5 Å². The highest BCUT2D eigenvalue weighted by Gasteiger charge is 2.34. The smallest absolute Gasteiger partial charge is 0.268 e. The van der Waals surface area contributed by atoms with Gasteiger partial charge in [-0.15, -0.1) is 0 Å². The van der Waals surface area contributed by atoms with Crippen molar-refractivity contribution < 1.29 is 9.59 Å². The third-order valence-electron chi connectivity index (χ3n) is 8.26. The van der Waals surface area contributed by atoms with Crippen LogP contribution in [-0.2, 0) is 16.6 Å². The summed E-state index contributed by atoms with van der Waals surface area (Å²) in [5.41, 5.74) is 3.02. The normalized spacial score (nSPS) is 19.8. The molecule has 8 nitrogen and oxygen atoms in total. The second-order valence-electron chi connectivity index (χ2n) is 10.9. The van der Waals surface area contributed by atoms with E-state index in [1.807, 2.05) is 46.0 Å². The summed E-state index contributed by atoms with van der Waals surface area (Å²) in [5, 5.41) is 3.22. The van der Waals surface area contributed by atoms with E-state index in [1.165, 1.54) is 12.0 Å². The van der Waals surface area contributed by atoms with Gasteiger partial charge in [0.15, 0.2) is 0 Å². The summed E-state index contributed by atoms with van der Waals surface area (Å²) in [5.74, 6) is -0.0313. The predicted octanol–water partition coefficient (Wildman–Crippen LogP) is 3.46. The molecule has 0 radical (unpaired) electrons. The molecule has 0 bridgehead atoms. The number of likely N-dealkylation sites (N-methyl/N-ethyl adjacent to an activating group) is 1. The first-order chi connectivity index (χ1) is 17.9. The van der Waals surface area contributed by atoms with E-state index in [-0.39, 0.29) is 23.7 Å². The fourth-order valence-electron chi connectivity index (χ4n) is 6.01. The summed E-state index contributed by atoms with van der Waals surface area (Å²) < 4.78 is 1.81. The number of carbonyl (C=O) groups excluding carboxylic acids is 2. The van der Waals surface area contributed by atoms with E-state index in [9.17, 15) is 9.59 Å². The minimum Gasteiger partial charge on any atom is -0.350 e. The number of nitrogens with one attached hydrogen (secondary N) is 1. The summed E-state index contributed by atoms with van der Waals surface area (Å²) in [6.45, 7) is 2.13. The Bertz CT molecular complexity index is 1230. The molecule has 3 aromatic rings. The lowest BCUT2D eigenvalue weighted by Gasteiger charge is -2.37. The van der Waals surface area contributed by atoms with Gasteiger partial charge < -0.3 is 15.1 Å². The van der Waals surface area contributed by atoms with Gasteiger partial charge in [-0.2, -0.15) is 0 Å². The average molecular weight is 503 g/mol. The molecule has 1 atom stereocenters. The Morgan fingerprint density at radius 3 is 2.70 bits per heavy atom. The number of hydrogen-bond acceptors (Lipinski definition) is 5. The molecule has 2 aliphatic rings. The van der Waals surface area contributed by atoms with Crippen molar-refractivity contribution in [3.63, 3.8) is 0 Å². The summed E-state index contributed by atoms with van der Waals surface area (Å²) >= 11 is 0. The Morgan fingerprint density at radius 1 is 1.11 bits per heavy atom. The first-order valence-corrected chi connectivity index (χ1v) is 13.6. The molecule has 5 rings (SSSR count). The standard InChI is InChI=1S/C29H38N6O2/c1-33(2)24-10-8-16-34(20-24)27(36)17-23-19-35-25(11-6-12-26(35)32-23)28(37)31-21-29(13-4-3-5-14-29)22-9-7-15-30-18-22/h6-7,9,11-12,15,18-19,24H,3-5,8,10,13-14,16-17,20-21H2,1-2H3,(H,31,37). The van der Waals surface area contributed by atoms with Gasteiger partial charge in [0.1, 0.15) is 11.3 Å². The Kier molecular flexibility index (Phi) is 7.55. The zero-order chi connectivity index (χ0) is 25.8. The zero-order valence-electron chi connectivity index (χ0n) is 22.0. The van der Waals surface area contributed by atoms with Gasteiger partial charge in [-0.1, -0.05) is 31.4 Å². The topological polar surface area (TPSA) is 82.8 Å². The number of aromatic nitrogens is 3. The minimum absolute atomic E-state index is 0.0819. The van der Waals surface area contributed by atoms with Crippen LogP contribution >= 0.6 is 0 Å². The van der Waals surface area contributed by atoms with E-state index in [0.717, 1.165) is 51.6 Å². The quantitative estimate of drug-likeness (QED) is 0.535. The average Bonchev–Trinajstić information content (AvgIpc) is 3.35. The van der Waals surface area contributed by atoms with Crippen molar-refractivity contribution in [2.24, 2.45) is 0 Å². The van der Waals surface area contributed by atoms with Gasteiger partial charge >= 0.3 is 0 Å². The van der Waals surface area contributed by atoms with Crippen LogP contribution in [0.5, 0.6) is 0 Å². The maximum absolute atomic E-state index is 13.4. The van der Waals surface area contributed by atoms with Crippen LogP contribution in [0.2, 0.25) is 0 Å². The molecule has 1 saturated carbocycles. The van der Waals surface area contributed by atoms with Crippen LogP contribution in [0.4, 0.5) is 0 Å². The highest BCUT2D eigenvalue weighted by Crippen LogP contribution is 2.38. The molecule has 4 heterocycles. The van der Waals surface area contributed by atoms with E-state index in [1.54, 1.807) is 6.20 Å². The van der Waals surface area contributed by atoms with Crippen LogP contribution in [0.15, 0.2) is 48.9 Å². The third-order valence-corrected chi connectivity index (χ3v) is 8.26. The van der Waals surface area contributed by atoms with E-state index in [4.69, 9.17) is 0 Å². The number of likely N-dealkylation sites (tertiary alicyclic amines) is 1. The van der Waals surface area contributed by atoms with Crippen LogP contribution in [0.25, 0.3) is 5.65 Å². The maximum atomic E-state index is 13.4. The van der Waals surface area contributed by atoms with Gasteiger partial charge in [-0.05, 0) is 63.5 Å². The number of piperidine rings is 1. The Morgan fingerprint density at radius 2 is 1.95 bits per heavy atom. The van der Waals surface area contributed by atoms with Gasteiger partial charge in [0.2, 0.25) is 5.91 Å². The van der Waals surface area contributed by atoms with Crippen LogP contribution < -0.4 is 5.32 Å². The monoisotopic (exact) mass is 502 g/mol.